The zero-order chi connectivity index (χ0) is 17.1. The lowest BCUT2D eigenvalue weighted by Gasteiger charge is -2.43. The highest BCUT2D eigenvalue weighted by Gasteiger charge is 2.35. The average molecular weight is 327 g/mol. The van der Waals surface area contributed by atoms with E-state index >= 15 is 0 Å². The fourth-order valence-electron chi connectivity index (χ4n) is 3.63. The van der Waals surface area contributed by atoms with Crippen LogP contribution in [0.25, 0.3) is 0 Å². The maximum absolute atomic E-state index is 12.7. The van der Waals surface area contributed by atoms with Gasteiger partial charge in [0.25, 0.3) is 0 Å². The number of piperidine rings is 1. The maximum atomic E-state index is 12.7. The SMILES string of the molecule is CC(C)N1CCC[C@@H](N2CCN(c3ccc(C#N)cn3)CC2)C1=O. The highest BCUT2D eigenvalue weighted by atomic mass is 16.2. The van der Waals surface area contributed by atoms with E-state index in [1.54, 1.807) is 12.3 Å². The van der Waals surface area contributed by atoms with Gasteiger partial charge in [-0.3, -0.25) is 9.69 Å². The van der Waals surface area contributed by atoms with Gasteiger partial charge in [0.2, 0.25) is 5.91 Å². The first kappa shape index (κ1) is 16.7. The van der Waals surface area contributed by atoms with Gasteiger partial charge >= 0.3 is 0 Å². The number of amides is 1. The largest absolute Gasteiger partial charge is 0.354 e. The second-order valence-corrected chi connectivity index (χ2v) is 6.82. The van der Waals surface area contributed by atoms with E-state index in [2.05, 4.69) is 34.7 Å². The molecule has 0 saturated carbocycles. The molecule has 24 heavy (non-hydrogen) atoms. The standard InChI is InChI=1S/C18H25N5O/c1-14(2)23-7-3-4-16(18(23)24)21-8-10-22(11-9-21)17-6-5-15(12-19)13-20-17/h5-6,13-14,16H,3-4,7-11H2,1-2H3/t16-/m1/s1. The first-order chi connectivity index (χ1) is 11.6. The van der Waals surface area contributed by atoms with Crippen molar-refractivity contribution in [1.29, 1.82) is 5.26 Å². The summed E-state index contributed by atoms with van der Waals surface area (Å²) < 4.78 is 0. The topological polar surface area (TPSA) is 63.5 Å². The summed E-state index contributed by atoms with van der Waals surface area (Å²) in [6, 6.07) is 6.12. The van der Waals surface area contributed by atoms with Crippen molar-refractivity contribution in [2.45, 2.75) is 38.8 Å². The van der Waals surface area contributed by atoms with Crippen LogP contribution in [-0.2, 0) is 4.79 Å². The Morgan fingerprint density at radius 3 is 2.54 bits per heavy atom. The molecule has 0 radical (unpaired) electrons. The van der Waals surface area contributed by atoms with E-state index in [1.807, 2.05) is 11.0 Å². The molecule has 1 aromatic heterocycles. The molecule has 0 N–H and O–H groups in total. The van der Waals surface area contributed by atoms with Crippen molar-refractivity contribution in [3.63, 3.8) is 0 Å². The first-order valence-electron chi connectivity index (χ1n) is 8.76. The van der Waals surface area contributed by atoms with Crippen molar-refractivity contribution < 1.29 is 4.79 Å². The molecule has 3 rings (SSSR count). The molecule has 0 aromatic carbocycles. The molecule has 1 aromatic rings. The van der Waals surface area contributed by atoms with Gasteiger partial charge in [0.15, 0.2) is 0 Å². The summed E-state index contributed by atoms with van der Waals surface area (Å²) in [5, 5.41) is 8.86. The third-order valence-corrected chi connectivity index (χ3v) is 5.02. The van der Waals surface area contributed by atoms with Gasteiger partial charge in [-0.25, -0.2) is 4.98 Å². The number of nitrogens with zero attached hydrogens (tertiary/aromatic N) is 5. The molecule has 2 fully saturated rings. The molecule has 6 heteroatoms. The molecule has 2 aliphatic rings. The zero-order valence-electron chi connectivity index (χ0n) is 14.5. The Labute approximate surface area is 143 Å². The molecule has 2 saturated heterocycles. The first-order valence-corrected chi connectivity index (χ1v) is 8.76. The van der Waals surface area contributed by atoms with Crippen molar-refractivity contribution in [3.05, 3.63) is 23.9 Å². The third kappa shape index (κ3) is 3.36. The summed E-state index contributed by atoms with van der Waals surface area (Å²) >= 11 is 0. The summed E-state index contributed by atoms with van der Waals surface area (Å²) in [7, 11) is 0. The molecule has 6 nitrogen and oxygen atoms in total. The minimum Gasteiger partial charge on any atom is -0.354 e. The van der Waals surface area contributed by atoms with Crippen LogP contribution in [0.1, 0.15) is 32.3 Å². The monoisotopic (exact) mass is 327 g/mol. The van der Waals surface area contributed by atoms with Crippen molar-refractivity contribution in [1.82, 2.24) is 14.8 Å². The number of carbonyl (C=O) groups excluding carboxylic acids is 1. The molecular formula is C18H25N5O. The minimum atomic E-state index is 0.0391. The molecule has 1 amide bonds. The van der Waals surface area contributed by atoms with Crippen molar-refractivity contribution >= 4 is 11.7 Å². The fraction of sp³-hybridized carbons (Fsp3) is 0.611. The van der Waals surface area contributed by atoms with E-state index in [0.29, 0.717) is 11.5 Å². The van der Waals surface area contributed by atoms with Crippen LogP contribution in [0, 0.1) is 11.3 Å². The van der Waals surface area contributed by atoms with Gasteiger partial charge in [-0.1, -0.05) is 0 Å². The molecule has 0 aliphatic carbocycles. The van der Waals surface area contributed by atoms with Gasteiger partial charge in [0, 0.05) is 45.0 Å². The van der Waals surface area contributed by atoms with Gasteiger partial charge in [0.1, 0.15) is 11.9 Å². The number of rotatable bonds is 3. The number of anilines is 1. The lowest BCUT2D eigenvalue weighted by molar-refractivity contribution is -0.142. The van der Waals surface area contributed by atoms with Crippen LogP contribution in [0.2, 0.25) is 0 Å². The van der Waals surface area contributed by atoms with E-state index in [1.165, 1.54) is 0 Å². The molecular weight excluding hydrogens is 302 g/mol. The summed E-state index contributed by atoms with van der Waals surface area (Å²) in [5.74, 6) is 1.20. The lowest BCUT2D eigenvalue weighted by atomic mass is 10.0. The Kier molecular flexibility index (Phi) is 5.00. The number of nitriles is 1. The van der Waals surface area contributed by atoms with E-state index in [-0.39, 0.29) is 12.1 Å². The van der Waals surface area contributed by atoms with E-state index < -0.39 is 0 Å². The number of hydrogen-bond acceptors (Lipinski definition) is 5. The lowest BCUT2D eigenvalue weighted by Crippen LogP contribution is -2.58. The molecule has 2 aliphatic heterocycles. The Balaban J connectivity index is 1.60. The molecule has 0 unspecified atom stereocenters. The van der Waals surface area contributed by atoms with E-state index in [0.717, 1.165) is 51.4 Å². The van der Waals surface area contributed by atoms with Crippen LogP contribution in [-0.4, -0.2) is 65.5 Å². The number of pyridine rings is 1. The van der Waals surface area contributed by atoms with Crippen LogP contribution in [0.3, 0.4) is 0 Å². The normalized spacial score (nSPS) is 22.8. The zero-order valence-corrected chi connectivity index (χ0v) is 14.5. The molecule has 0 bridgehead atoms. The van der Waals surface area contributed by atoms with Crippen molar-refractivity contribution in [2.24, 2.45) is 0 Å². The van der Waals surface area contributed by atoms with E-state index in [4.69, 9.17) is 5.26 Å². The highest BCUT2D eigenvalue weighted by Crippen LogP contribution is 2.22. The Morgan fingerprint density at radius 1 is 1.21 bits per heavy atom. The average Bonchev–Trinajstić information content (AvgIpc) is 2.62. The Hall–Kier alpha value is -2.13. The molecule has 0 spiro atoms. The van der Waals surface area contributed by atoms with Crippen LogP contribution in [0.15, 0.2) is 18.3 Å². The summed E-state index contributed by atoms with van der Waals surface area (Å²) in [5.41, 5.74) is 0.582. The van der Waals surface area contributed by atoms with Gasteiger partial charge in [-0.05, 0) is 38.8 Å². The summed E-state index contributed by atoms with van der Waals surface area (Å²) in [4.78, 5) is 23.7. The van der Waals surface area contributed by atoms with Gasteiger partial charge < -0.3 is 9.80 Å². The van der Waals surface area contributed by atoms with Gasteiger partial charge in [-0.15, -0.1) is 0 Å². The Bertz CT molecular complexity index is 613. The number of likely N-dealkylation sites (tertiary alicyclic amines) is 1. The fourth-order valence-corrected chi connectivity index (χ4v) is 3.63. The minimum absolute atomic E-state index is 0.0391. The van der Waals surface area contributed by atoms with Crippen LogP contribution in [0.4, 0.5) is 5.82 Å². The van der Waals surface area contributed by atoms with Crippen molar-refractivity contribution in [3.8, 4) is 6.07 Å². The predicted molar refractivity (Wildman–Crippen MR) is 92.6 cm³/mol. The van der Waals surface area contributed by atoms with E-state index in [9.17, 15) is 4.79 Å². The summed E-state index contributed by atoms with van der Waals surface area (Å²) in [6.45, 7) is 8.56. The third-order valence-electron chi connectivity index (χ3n) is 5.02. The summed E-state index contributed by atoms with van der Waals surface area (Å²) in [6.07, 6.45) is 3.68. The Morgan fingerprint density at radius 2 is 1.96 bits per heavy atom. The second-order valence-electron chi connectivity index (χ2n) is 6.82. The number of hydrogen-bond donors (Lipinski definition) is 0. The predicted octanol–water partition coefficient (Wildman–Crippen LogP) is 1.47. The second kappa shape index (κ2) is 7.18. The molecule has 128 valence electrons. The molecule has 3 heterocycles. The maximum Gasteiger partial charge on any atom is 0.240 e. The number of piperazine rings is 1. The quantitative estimate of drug-likeness (QED) is 0.841. The highest BCUT2D eigenvalue weighted by molar-refractivity contribution is 5.83. The number of carbonyl (C=O) groups is 1. The van der Waals surface area contributed by atoms with Crippen LogP contribution >= 0.6 is 0 Å². The molecule has 1 atom stereocenters. The smallest absolute Gasteiger partial charge is 0.240 e. The van der Waals surface area contributed by atoms with Crippen molar-refractivity contribution in [2.75, 3.05) is 37.6 Å². The van der Waals surface area contributed by atoms with Crippen LogP contribution in [0.5, 0.6) is 0 Å². The van der Waals surface area contributed by atoms with Gasteiger partial charge in [0.05, 0.1) is 11.6 Å². The van der Waals surface area contributed by atoms with Gasteiger partial charge in [-0.2, -0.15) is 5.26 Å². The van der Waals surface area contributed by atoms with Crippen LogP contribution < -0.4 is 4.90 Å². The number of aromatic nitrogens is 1.